The lowest BCUT2D eigenvalue weighted by Crippen LogP contribution is -2.04. The fourth-order valence-corrected chi connectivity index (χ4v) is 1.91. The molecular weight excluding hydrogens is 257 g/mol. The summed E-state index contributed by atoms with van der Waals surface area (Å²) >= 11 is 0. The van der Waals surface area contributed by atoms with Crippen molar-refractivity contribution in [2.75, 3.05) is 5.73 Å². The summed E-state index contributed by atoms with van der Waals surface area (Å²) in [5.41, 5.74) is 8.46. The Labute approximate surface area is 114 Å². The van der Waals surface area contributed by atoms with Gasteiger partial charge in [-0.15, -0.1) is 0 Å². The maximum Gasteiger partial charge on any atom is 0.193 e. The van der Waals surface area contributed by atoms with Crippen LogP contribution in [0.1, 0.15) is 5.69 Å². The third kappa shape index (κ3) is 2.11. The van der Waals surface area contributed by atoms with Gasteiger partial charge < -0.3 is 5.73 Å². The van der Waals surface area contributed by atoms with Crippen LogP contribution in [0, 0.1) is 12.7 Å². The van der Waals surface area contributed by atoms with Gasteiger partial charge in [0, 0.05) is 17.4 Å². The smallest absolute Gasteiger partial charge is 0.193 e. The van der Waals surface area contributed by atoms with Gasteiger partial charge in [0.1, 0.15) is 6.33 Å². The van der Waals surface area contributed by atoms with Gasteiger partial charge in [-0.2, -0.15) is 5.10 Å². The minimum absolute atomic E-state index is 0.132. The van der Waals surface area contributed by atoms with Crippen molar-refractivity contribution < 1.29 is 4.39 Å². The Hall–Kier alpha value is -2.76. The van der Waals surface area contributed by atoms with Crippen molar-refractivity contribution in [1.29, 1.82) is 0 Å². The van der Waals surface area contributed by atoms with E-state index < -0.39 is 5.82 Å². The molecule has 0 aliphatic carbocycles. The molecule has 3 rings (SSSR count). The van der Waals surface area contributed by atoms with Crippen LogP contribution in [-0.2, 0) is 0 Å². The molecule has 2 aromatic heterocycles. The van der Waals surface area contributed by atoms with Gasteiger partial charge in [-0.05, 0) is 24.6 Å². The molecule has 0 saturated carbocycles. The van der Waals surface area contributed by atoms with E-state index in [0.29, 0.717) is 5.69 Å². The molecule has 2 N–H and O–H groups in total. The predicted octanol–water partition coefficient (Wildman–Crippen LogP) is 2.36. The van der Waals surface area contributed by atoms with Crippen LogP contribution in [0.2, 0.25) is 0 Å². The van der Waals surface area contributed by atoms with Crippen molar-refractivity contribution in [3.05, 3.63) is 54.5 Å². The van der Waals surface area contributed by atoms with Crippen LogP contribution >= 0.6 is 0 Å². The number of rotatable bonds is 2. The summed E-state index contributed by atoms with van der Waals surface area (Å²) in [5, 5.41) is 4.14. The highest BCUT2D eigenvalue weighted by atomic mass is 19.1. The minimum Gasteiger partial charge on any atom is -0.399 e. The van der Waals surface area contributed by atoms with Crippen LogP contribution in [0.15, 0.2) is 43.0 Å². The number of halogens is 1. The van der Waals surface area contributed by atoms with E-state index in [-0.39, 0.29) is 11.5 Å². The van der Waals surface area contributed by atoms with Gasteiger partial charge in [0.25, 0.3) is 0 Å². The van der Waals surface area contributed by atoms with E-state index in [1.54, 1.807) is 25.4 Å². The van der Waals surface area contributed by atoms with E-state index in [0.717, 1.165) is 11.1 Å². The molecule has 1 aromatic carbocycles. The first-order valence-electron chi connectivity index (χ1n) is 6.03. The first-order valence-corrected chi connectivity index (χ1v) is 6.03. The number of hydrogen-bond donors (Lipinski definition) is 1. The summed E-state index contributed by atoms with van der Waals surface area (Å²) in [5.74, 6) is -0.345. The van der Waals surface area contributed by atoms with Crippen molar-refractivity contribution in [2.45, 2.75) is 6.92 Å². The van der Waals surface area contributed by atoms with Gasteiger partial charge in [0.2, 0.25) is 0 Å². The lowest BCUT2D eigenvalue weighted by Gasteiger charge is -2.03. The Kier molecular flexibility index (Phi) is 2.90. The molecule has 0 bridgehead atoms. The fraction of sp³-hybridized carbons (Fsp3) is 0.0714. The van der Waals surface area contributed by atoms with Gasteiger partial charge in [-0.25, -0.2) is 19.0 Å². The lowest BCUT2D eigenvalue weighted by atomic mass is 10.1. The predicted molar refractivity (Wildman–Crippen MR) is 73.7 cm³/mol. The fourth-order valence-electron chi connectivity index (χ4n) is 1.91. The van der Waals surface area contributed by atoms with Gasteiger partial charge >= 0.3 is 0 Å². The second-order valence-electron chi connectivity index (χ2n) is 4.40. The maximum atomic E-state index is 14.0. The van der Waals surface area contributed by atoms with Crippen LogP contribution in [0.25, 0.3) is 16.9 Å². The lowest BCUT2D eigenvalue weighted by molar-refractivity contribution is 0.581. The van der Waals surface area contributed by atoms with Crippen molar-refractivity contribution in [1.82, 2.24) is 19.7 Å². The van der Waals surface area contributed by atoms with Crippen LogP contribution < -0.4 is 5.73 Å². The molecular formula is C14H12FN5. The number of aromatic nitrogens is 4. The summed E-state index contributed by atoms with van der Waals surface area (Å²) in [6.45, 7) is 1.59. The molecule has 0 aliphatic heterocycles. The number of nitrogen functional groups attached to an aromatic ring is 1. The molecule has 0 radical (unpaired) electrons. The van der Waals surface area contributed by atoms with Gasteiger partial charge in [-0.1, -0.05) is 12.1 Å². The van der Waals surface area contributed by atoms with Gasteiger partial charge in [0.15, 0.2) is 11.6 Å². The average Bonchev–Trinajstić information content (AvgIpc) is 2.91. The van der Waals surface area contributed by atoms with E-state index >= 15 is 0 Å². The summed E-state index contributed by atoms with van der Waals surface area (Å²) in [7, 11) is 0. The molecule has 5 nitrogen and oxygen atoms in total. The first kappa shape index (κ1) is 12.3. The maximum absolute atomic E-state index is 14.0. The minimum atomic E-state index is -0.477. The molecule has 2 heterocycles. The second-order valence-corrected chi connectivity index (χ2v) is 4.40. The Morgan fingerprint density at radius 2 is 2.05 bits per heavy atom. The highest BCUT2D eigenvalue weighted by Gasteiger charge is 2.11. The average molecular weight is 269 g/mol. The highest BCUT2D eigenvalue weighted by molar-refractivity contribution is 5.66. The van der Waals surface area contributed by atoms with Crippen LogP contribution in [0.3, 0.4) is 0 Å². The quantitative estimate of drug-likeness (QED) is 0.725. The monoisotopic (exact) mass is 269 g/mol. The molecule has 0 fully saturated rings. The second kappa shape index (κ2) is 4.73. The first-order chi connectivity index (χ1) is 9.65. The zero-order valence-corrected chi connectivity index (χ0v) is 10.8. The van der Waals surface area contributed by atoms with Crippen LogP contribution in [-0.4, -0.2) is 19.7 Å². The largest absolute Gasteiger partial charge is 0.399 e. The number of hydrogen-bond acceptors (Lipinski definition) is 4. The highest BCUT2D eigenvalue weighted by Crippen LogP contribution is 2.22. The summed E-state index contributed by atoms with van der Waals surface area (Å²) < 4.78 is 15.3. The van der Waals surface area contributed by atoms with E-state index in [1.807, 2.05) is 18.2 Å². The molecule has 6 heteroatoms. The van der Waals surface area contributed by atoms with Crippen LogP contribution in [0.4, 0.5) is 10.1 Å². The molecule has 100 valence electrons. The number of anilines is 1. The number of benzene rings is 1. The molecule has 0 aliphatic rings. The summed E-state index contributed by atoms with van der Waals surface area (Å²) in [4.78, 5) is 7.72. The topological polar surface area (TPSA) is 69.6 Å². The van der Waals surface area contributed by atoms with Crippen molar-refractivity contribution >= 4 is 5.69 Å². The van der Waals surface area contributed by atoms with Gasteiger partial charge in [0.05, 0.1) is 11.9 Å². The van der Waals surface area contributed by atoms with Crippen molar-refractivity contribution in [2.24, 2.45) is 0 Å². The molecule has 0 unspecified atom stereocenters. The zero-order chi connectivity index (χ0) is 14.1. The van der Waals surface area contributed by atoms with Crippen molar-refractivity contribution in [3.8, 4) is 16.9 Å². The van der Waals surface area contributed by atoms with Crippen LogP contribution in [0.5, 0.6) is 0 Å². The molecule has 0 spiro atoms. The van der Waals surface area contributed by atoms with E-state index in [9.17, 15) is 4.39 Å². The van der Waals surface area contributed by atoms with E-state index in [4.69, 9.17) is 5.73 Å². The van der Waals surface area contributed by atoms with Crippen molar-refractivity contribution in [3.63, 3.8) is 0 Å². The zero-order valence-electron chi connectivity index (χ0n) is 10.8. The Balaban J connectivity index is 2.04. The summed E-state index contributed by atoms with van der Waals surface area (Å²) in [6.07, 6.45) is 4.67. The molecule has 0 saturated heterocycles. The standard InChI is InChI=1S/C14H12FN5/c1-9-13(15)14(18-8-17-9)20-7-11(6-19-20)10-3-2-4-12(16)5-10/h2-8H,16H2,1H3. The molecule has 3 aromatic rings. The molecule has 0 atom stereocenters. The van der Waals surface area contributed by atoms with E-state index in [1.165, 1.54) is 11.0 Å². The van der Waals surface area contributed by atoms with E-state index in [2.05, 4.69) is 15.1 Å². The Morgan fingerprint density at radius 1 is 1.20 bits per heavy atom. The molecule has 20 heavy (non-hydrogen) atoms. The summed E-state index contributed by atoms with van der Waals surface area (Å²) in [6, 6.07) is 7.42. The normalized spacial score (nSPS) is 10.7. The Bertz CT molecular complexity index is 766. The number of nitrogens with zero attached hydrogens (tertiary/aromatic N) is 4. The third-order valence-corrected chi connectivity index (χ3v) is 2.96. The molecule has 0 amide bonds. The Morgan fingerprint density at radius 3 is 2.85 bits per heavy atom. The number of nitrogens with two attached hydrogens (primary N) is 1. The van der Waals surface area contributed by atoms with Gasteiger partial charge in [-0.3, -0.25) is 0 Å². The SMILES string of the molecule is Cc1ncnc(-n2cc(-c3cccc(N)c3)cn2)c1F. The third-order valence-electron chi connectivity index (χ3n) is 2.96. The number of aryl methyl sites for hydroxylation is 1.